The van der Waals surface area contributed by atoms with Crippen molar-refractivity contribution in [1.82, 2.24) is 10.3 Å². The van der Waals surface area contributed by atoms with E-state index in [1.54, 1.807) is 0 Å². The average Bonchev–Trinajstić information content (AvgIpc) is 2.98. The van der Waals surface area contributed by atoms with Gasteiger partial charge in [-0.25, -0.2) is 4.98 Å². The molecule has 2 aromatic rings. The van der Waals surface area contributed by atoms with E-state index in [1.807, 2.05) is 19.2 Å². The molecule has 3 rings (SSSR count). The van der Waals surface area contributed by atoms with E-state index in [1.165, 1.54) is 0 Å². The first kappa shape index (κ1) is 13.3. The molecular formula is C16H20N2O2. The van der Waals surface area contributed by atoms with Crippen molar-refractivity contribution in [3.8, 4) is 5.88 Å². The summed E-state index contributed by atoms with van der Waals surface area (Å²) in [5, 5.41) is 5.35. The first-order valence-corrected chi connectivity index (χ1v) is 7.14. The Morgan fingerprint density at radius 3 is 3.10 bits per heavy atom. The van der Waals surface area contributed by atoms with E-state index in [0.29, 0.717) is 12.5 Å². The van der Waals surface area contributed by atoms with Gasteiger partial charge < -0.3 is 14.8 Å². The molecule has 1 unspecified atom stereocenters. The molecule has 4 heteroatoms. The van der Waals surface area contributed by atoms with Crippen molar-refractivity contribution in [3.05, 3.63) is 36.0 Å². The lowest BCUT2D eigenvalue weighted by atomic mass is 10.1. The Kier molecular flexibility index (Phi) is 4.14. The van der Waals surface area contributed by atoms with E-state index in [-0.39, 0.29) is 6.10 Å². The van der Waals surface area contributed by atoms with Crippen molar-refractivity contribution in [2.45, 2.75) is 25.5 Å². The van der Waals surface area contributed by atoms with Crippen LogP contribution in [0.15, 0.2) is 30.3 Å². The van der Waals surface area contributed by atoms with E-state index in [0.717, 1.165) is 42.5 Å². The smallest absolute Gasteiger partial charge is 0.221 e. The summed E-state index contributed by atoms with van der Waals surface area (Å²) < 4.78 is 11.5. The fourth-order valence-electron chi connectivity index (χ4n) is 2.55. The summed E-state index contributed by atoms with van der Waals surface area (Å²) in [6, 6.07) is 10.3. The van der Waals surface area contributed by atoms with E-state index in [2.05, 4.69) is 28.5 Å². The summed E-state index contributed by atoms with van der Waals surface area (Å²) >= 11 is 0. The van der Waals surface area contributed by atoms with Gasteiger partial charge in [0.15, 0.2) is 0 Å². The molecule has 1 aromatic heterocycles. The summed E-state index contributed by atoms with van der Waals surface area (Å²) in [7, 11) is 1.92. The number of hydrogen-bond acceptors (Lipinski definition) is 4. The highest BCUT2D eigenvalue weighted by Gasteiger charge is 2.17. The second kappa shape index (κ2) is 6.20. The first-order valence-electron chi connectivity index (χ1n) is 7.14. The van der Waals surface area contributed by atoms with Gasteiger partial charge in [0.1, 0.15) is 6.61 Å². The molecule has 2 heterocycles. The number of rotatable bonds is 5. The molecule has 0 radical (unpaired) electrons. The van der Waals surface area contributed by atoms with Crippen LogP contribution in [0.25, 0.3) is 10.8 Å². The van der Waals surface area contributed by atoms with Crippen LogP contribution >= 0.6 is 0 Å². The summed E-state index contributed by atoms with van der Waals surface area (Å²) in [6.45, 7) is 2.17. The molecule has 0 saturated carbocycles. The van der Waals surface area contributed by atoms with Crippen LogP contribution in [0.1, 0.15) is 18.5 Å². The van der Waals surface area contributed by atoms with E-state index >= 15 is 0 Å². The van der Waals surface area contributed by atoms with E-state index in [4.69, 9.17) is 9.47 Å². The Morgan fingerprint density at radius 2 is 2.30 bits per heavy atom. The van der Waals surface area contributed by atoms with E-state index in [9.17, 15) is 0 Å². The van der Waals surface area contributed by atoms with E-state index < -0.39 is 0 Å². The number of ether oxygens (including phenoxy) is 2. The fourth-order valence-corrected chi connectivity index (χ4v) is 2.55. The van der Waals surface area contributed by atoms with Gasteiger partial charge in [-0.2, -0.15) is 0 Å². The van der Waals surface area contributed by atoms with Crippen LogP contribution in [0.5, 0.6) is 5.88 Å². The number of nitrogens with one attached hydrogen (secondary N) is 1. The number of hydrogen-bond donors (Lipinski definition) is 1. The van der Waals surface area contributed by atoms with Gasteiger partial charge in [0, 0.05) is 18.5 Å². The Hall–Kier alpha value is -1.65. The standard InChI is InChI=1S/C16H20N2O2/c1-17-10-13-9-12-5-2-3-7-15(12)16(18-13)20-11-14-6-4-8-19-14/h2-3,5,7,9,14,17H,4,6,8,10-11H2,1H3. The SMILES string of the molecule is CNCc1cc2ccccc2c(OCC2CCCO2)n1. The highest BCUT2D eigenvalue weighted by Crippen LogP contribution is 2.25. The van der Waals surface area contributed by atoms with Crippen molar-refractivity contribution >= 4 is 10.8 Å². The summed E-state index contributed by atoms with van der Waals surface area (Å²) in [4.78, 5) is 4.61. The molecule has 1 saturated heterocycles. The molecule has 4 nitrogen and oxygen atoms in total. The first-order chi connectivity index (χ1) is 9.86. The fraction of sp³-hybridized carbons (Fsp3) is 0.438. The molecule has 20 heavy (non-hydrogen) atoms. The van der Waals surface area contributed by atoms with Crippen LogP contribution in [-0.4, -0.2) is 31.3 Å². The predicted octanol–water partition coefficient (Wildman–Crippen LogP) is 2.51. The quantitative estimate of drug-likeness (QED) is 0.908. The van der Waals surface area contributed by atoms with Gasteiger partial charge in [-0.3, -0.25) is 0 Å². The van der Waals surface area contributed by atoms with Crippen LogP contribution in [0.2, 0.25) is 0 Å². The third kappa shape index (κ3) is 2.92. The molecule has 0 aliphatic carbocycles. The molecule has 1 N–H and O–H groups in total. The Labute approximate surface area is 119 Å². The third-order valence-corrected chi connectivity index (χ3v) is 3.55. The zero-order chi connectivity index (χ0) is 13.8. The van der Waals surface area contributed by atoms with Gasteiger partial charge in [-0.1, -0.05) is 18.2 Å². The minimum atomic E-state index is 0.212. The molecule has 106 valence electrons. The lowest BCUT2D eigenvalue weighted by Gasteiger charge is -2.13. The Balaban J connectivity index is 1.86. The molecule has 0 bridgehead atoms. The molecule has 0 spiro atoms. The molecule has 1 aliphatic heterocycles. The molecule has 1 aromatic carbocycles. The van der Waals surface area contributed by atoms with Gasteiger partial charge in [0.25, 0.3) is 0 Å². The van der Waals surface area contributed by atoms with Crippen LogP contribution in [0.4, 0.5) is 0 Å². The number of nitrogens with zero attached hydrogens (tertiary/aromatic N) is 1. The molecular weight excluding hydrogens is 252 g/mol. The topological polar surface area (TPSA) is 43.4 Å². The Bertz CT molecular complexity index is 580. The van der Waals surface area contributed by atoms with Crippen LogP contribution in [0.3, 0.4) is 0 Å². The normalized spacial score (nSPS) is 18.6. The van der Waals surface area contributed by atoms with Gasteiger partial charge in [-0.15, -0.1) is 0 Å². The second-order valence-corrected chi connectivity index (χ2v) is 5.12. The van der Waals surface area contributed by atoms with Gasteiger partial charge in [0.05, 0.1) is 11.8 Å². The zero-order valence-electron chi connectivity index (χ0n) is 11.8. The largest absolute Gasteiger partial charge is 0.474 e. The van der Waals surface area contributed by atoms with Crippen molar-refractivity contribution in [2.75, 3.05) is 20.3 Å². The van der Waals surface area contributed by atoms with Crippen LogP contribution in [0, 0.1) is 0 Å². The third-order valence-electron chi connectivity index (χ3n) is 3.55. The van der Waals surface area contributed by atoms with Gasteiger partial charge in [-0.05, 0) is 37.4 Å². The zero-order valence-corrected chi connectivity index (χ0v) is 11.8. The monoisotopic (exact) mass is 272 g/mol. The highest BCUT2D eigenvalue weighted by atomic mass is 16.5. The van der Waals surface area contributed by atoms with Crippen LogP contribution < -0.4 is 10.1 Å². The summed E-state index contributed by atoms with van der Waals surface area (Å²) in [5.74, 6) is 0.712. The number of aromatic nitrogens is 1. The lowest BCUT2D eigenvalue weighted by molar-refractivity contribution is 0.0669. The lowest BCUT2D eigenvalue weighted by Crippen LogP contribution is -2.17. The van der Waals surface area contributed by atoms with Crippen LogP contribution in [-0.2, 0) is 11.3 Å². The molecule has 0 amide bonds. The number of benzene rings is 1. The number of pyridine rings is 1. The van der Waals surface area contributed by atoms with Gasteiger partial charge >= 0.3 is 0 Å². The minimum absolute atomic E-state index is 0.212. The number of fused-ring (bicyclic) bond motifs is 1. The highest BCUT2D eigenvalue weighted by molar-refractivity contribution is 5.87. The van der Waals surface area contributed by atoms with Crippen molar-refractivity contribution in [1.29, 1.82) is 0 Å². The minimum Gasteiger partial charge on any atom is -0.474 e. The summed E-state index contributed by atoms with van der Waals surface area (Å²) in [6.07, 6.45) is 2.42. The maximum atomic E-state index is 5.93. The summed E-state index contributed by atoms with van der Waals surface area (Å²) in [5.41, 5.74) is 0.994. The maximum absolute atomic E-state index is 5.93. The predicted molar refractivity (Wildman–Crippen MR) is 79.0 cm³/mol. The van der Waals surface area contributed by atoms with Crippen molar-refractivity contribution in [2.24, 2.45) is 0 Å². The van der Waals surface area contributed by atoms with Gasteiger partial charge in [0.2, 0.25) is 5.88 Å². The maximum Gasteiger partial charge on any atom is 0.221 e. The van der Waals surface area contributed by atoms with Crippen molar-refractivity contribution < 1.29 is 9.47 Å². The van der Waals surface area contributed by atoms with Crippen molar-refractivity contribution in [3.63, 3.8) is 0 Å². The molecule has 1 atom stereocenters. The second-order valence-electron chi connectivity index (χ2n) is 5.12. The molecule has 1 aliphatic rings. The molecule has 1 fully saturated rings. The average molecular weight is 272 g/mol. The Morgan fingerprint density at radius 1 is 1.40 bits per heavy atom.